The van der Waals surface area contributed by atoms with Crippen LogP contribution in [0.5, 0.6) is 0 Å². The van der Waals surface area contributed by atoms with Gasteiger partial charge in [0.15, 0.2) is 0 Å². The third kappa shape index (κ3) is 2.61. The van der Waals surface area contributed by atoms with E-state index in [1.54, 1.807) is 0 Å². The first kappa shape index (κ1) is 18.0. The molecule has 0 radical (unpaired) electrons. The molecule has 5 rings (SSSR count). The van der Waals surface area contributed by atoms with Crippen molar-refractivity contribution < 1.29 is 0 Å². The second-order valence-electron chi connectivity index (χ2n) is 8.25. The summed E-state index contributed by atoms with van der Waals surface area (Å²) in [6.45, 7) is 9.11. The minimum Gasteiger partial charge on any atom is -0.309 e. The molecule has 0 unspecified atom stereocenters. The number of allylic oxidation sites excluding steroid dienone is 4. The number of aromatic nitrogens is 1. The van der Waals surface area contributed by atoms with Gasteiger partial charge in [0.05, 0.1) is 11.0 Å². The van der Waals surface area contributed by atoms with E-state index in [0.29, 0.717) is 0 Å². The number of hydrogen-bond acceptors (Lipinski definition) is 0. The normalized spacial score (nSPS) is 14.0. The van der Waals surface area contributed by atoms with Gasteiger partial charge in [0.2, 0.25) is 0 Å². The number of rotatable bonds is 2. The second-order valence-corrected chi connectivity index (χ2v) is 8.25. The Bertz CT molecular complexity index is 1310. The van der Waals surface area contributed by atoms with Gasteiger partial charge in [-0.15, -0.1) is 0 Å². The van der Waals surface area contributed by atoms with Crippen molar-refractivity contribution in [3.8, 4) is 5.69 Å². The fraction of sp³-hybridized carbons (Fsp3) is 0.214. The molecule has 4 aromatic rings. The van der Waals surface area contributed by atoms with Crippen molar-refractivity contribution in [1.82, 2.24) is 4.57 Å². The first-order chi connectivity index (χ1) is 14.1. The van der Waals surface area contributed by atoms with E-state index >= 15 is 0 Å². The number of fused-ring (bicyclic) bond motifs is 3. The largest absolute Gasteiger partial charge is 0.309 e. The molecular formula is C28H27N. The van der Waals surface area contributed by atoms with Crippen molar-refractivity contribution in [3.63, 3.8) is 0 Å². The van der Waals surface area contributed by atoms with Crippen LogP contribution < -0.4 is 0 Å². The van der Waals surface area contributed by atoms with Crippen LogP contribution in [-0.4, -0.2) is 4.57 Å². The summed E-state index contributed by atoms with van der Waals surface area (Å²) in [5.41, 5.74) is 12.3. The van der Waals surface area contributed by atoms with Gasteiger partial charge in [0.1, 0.15) is 0 Å². The van der Waals surface area contributed by atoms with Gasteiger partial charge in [-0.1, -0.05) is 48.6 Å². The average Bonchev–Trinajstić information content (AvgIpc) is 3.13. The first-order valence-corrected chi connectivity index (χ1v) is 10.5. The van der Waals surface area contributed by atoms with Gasteiger partial charge in [-0.25, -0.2) is 0 Å². The molecule has 0 fully saturated rings. The zero-order chi connectivity index (χ0) is 20.1. The lowest BCUT2D eigenvalue weighted by atomic mass is 9.90. The van der Waals surface area contributed by atoms with Crippen LogP contribution in [0.25, 0.3) is 33.1 Å². The Labute approximate surface area is 173 Å². The SMILES string of the molecule is Cc1c(C)c(C)c2c(c1C)c1c(C3=CC=CCC3)cccc1n2-c1ccccc1. The quantitative estimate of drug-likeness (QED) is 0.336. The molecule has 1 aliphatic rings. The Morgan fingerprint density at radius 1 is 0.724 bits per heavy atom. The summed E-state index contributed by atoms with van der Waals surface area (Å²) in [6, 6.07) is 17.6. The van der Waals surface area contributed by atoms with Crippen LogP contribution in [-0.2, 0) is 0 Å². The van der Waals surface area contributed by atoms with Gasteiger partial charge < -0.3 is 4.57 Å². The molecule has 0 spiro atoms. The summed E-state index contributed by atoms with van der Waals surface area (Å²) in [6.07, 6.45) is 9.00. The number of hydrogen-bond donors (Lipinski definition) is 0. The Kier molecular flexibility index (Phi) is 4.20. The van der Waals surface area contributed by atoms with Gasteiger partial charge in [0, 0.05) is 16.5 Å². The molecule has 0 N–H and O–H groups in total. The summed E-state index contributed by atoms with van der Waals surface area (Å²) in [7, 11) is 0. The Morgan fingerprint density at radius 2 is 1.48 bits per heavy atom. The molecular weight excluding hydrogens is 350 g/mol. The lowest BCUT2D eigenvalue weighted by molar-refractivity contribution is 1.06. The summed E-state index contributed by atoms with van der Waals surface area (Å²) >= 11 is 0. The van der Waals surface area contributed by atoms with E-state index in [-0.39, 0.29) is 0 Å². The van der Waals surface area contributed by atoms with E-state index < -0.39 is 0 Å². The highest BCUT2D eigenvalue weighted by Crippen LogP contribution is 2.42. The van der Waals surface area contributed by atoms with Gasteiger partial charge in [-0.05, 0) is 92.1 Å². The molecule has 144 valence electrons. The van der Waals surface area contributed by atoms with E-state index in [1.165, 1.54) is 60.9 Å². The monoisotopic (exact) mass is 377 g/mol. The fourth-order valence-corrected chi connectivity index (χ4v) is 4.93. The Balaban J connectivity index is 2.04. The van der Waals surface area contributed by atoms with Crippen LogP contribution in [0.15, 0.2) is 66.8 Å². The topological polar surface area (TPSA) is 4.93 Å². The number of nitrogens with zero attached hydrogens (tertiary/aromatic N) is 1. The lowest BCUT2D eigenvalue weighted by Gasteiger charge is -2.15. The molecule has 1 heterocycles. The van der Waals surface area contributed by atoms with Crippen molar-refractivity contribution in [1.29, 1.82) is 0 Å². The highest BCUT2D eigenvalue weighted by molar-refractivity contribution is 6.16. The number of para-hydroxylation sites is 1. The molecule has 1 nitrogen and oxygen atoms in total. The van der Waals surface area contributed by atoms with Crippen LogP contribution in [0.2, 0.25) is 0 Å². The van der Waals surface area contributed by atoms with Gasteiger partial charge in [-0.3, -0.25) is 0 Å². The van der Waals surface area contributed by atoms with Crippen molar-refractivity contribution in [3.05, 3.63) is 94.6 Å². The maximum Gasteiger partial charge on any atom is 0.0575 e. The molecule has 1 aromatic heterocycles. The number of aryl methyl sites for hydroxylation is 2. The van der Waals surface area contributed by atoms with Crippen LogP contribution in [0.3, 0.4) is 0 Å². The summed E-state index contributed by atoms with van der Waals surface area (Å²) in [5.74, 6) is 0. The van der Waals surface area contributed by atoms with E-state index in [9.17, 15) is 0 Å². The Hall–Kier alpha value is -3.06. The fourth-order valence-electron chi connectivity index (χ4n) is 4.93. The molecule has 0 saturated carbocycles. The third-order valence-corrected chi connectivity index (χ3v) is 6.79. The molecule has 0 atom stereocenters. The molecule has 0 aliphatic heterocycles. The van der Waals surface area contributed by atoms with Crippen LogP contribution in [0.4, 0.5) is 0 Å². The van der Waals surface area contributed by atoms with Crippen LogP contribution in [0, 0.1) is 27.7 Å². The maximum atomic E-state index is 2.47. The zero-order valence-electron chi connectivity index (χ0n) is 17.7. The van der Waals surface area contributed by atoms with E-state index in [2.05, 4.69) is 99.0 Å². The molecule has 29 heavy (non-hydrogen) atoms. The molecule has 1 heteroatoms. The third-order valence-electron chi connectivity index (χ3n) is 6.79. The lowest BCUT2D eigenvalue weighted by Crippen LogP contribution is -1.98. The van der Waals surface area contributed by atoms with E-state index in [4.69, 9.17) is 0 Å². The van der Waals surface area contributed by atoms with E-state index in [0.717, 1.165) is 12.8 Å². The Morgan fingerprint density at radius 3 is 2.21 bits per heavy atom. The molecule has 3 aromatic carbocycles. The second kappa shape index (κ2) is 6.77. The molecule has 0 saturated heterocycles. The van der Waals surface area contributed by atoms with Crippen molar-refractivity contribution >= 4 is 27.4 Å². The van der Waals surface area contributed by atoms with Crippen molar-refractivity contribution in [2.75, 3.05) is 0 Å². The minimum atomic E-state index is 1.11. The maximum absolute atomic E-state index is 2.47. The summed E-state index contributed by atoms with van der Waals surface area (Å²) in [4.78, 5) is 0. The van der Waals surface area contributed by atoms with Gasteiger partial charge in [0.25, 0.3) is 0 Å². The number of benzene rings is 3. The summed E-state index contributed by atoms with van der Waals surface area (Å²) < 4.78 is 2.47. The van der Waals surface area contributed by atoms with Crippen molar-refractivity contribution in [2.45, 2.75) is 40.5 Å². The minimum absolute atomic E-state index is 1.11. The van der Waals surface area contributed by atoms with Gasteiger partial charge >= 0.3 is 0 Å². The highest BCUT2D eigenvalue weighted by Gasteiger charge is 2.22. The molecule has 1 aliphatic carbocycles. The zero-order valence-corrected chi connectivity index (χ0v) is 17.7. The highest BCUT2D eigenvalue weighted by atomic mass is 15.0. The van der Waals surface area contributed by atoms with Crippen LogP contribution >= 0.6 is 0 Å². The van der Waals surface area contributed by atoms with E-state index in [1.807, 2.05) is 0 Å². The predicted octanol–water partition coefficient (Wildman–Crippen LogP) is 7.75. The van der Waals surface area contributed by atoms with Crippen LogP contribution in [0.1, 0.15) is 40.7 Å². The van der Waals surface area contributed by atoms with Crippen molar-refractivity contribution in [2.24, 2.45) is 0 Å². The molecule has 0 amide bonds. The molecule has 0 bridgehead atoms. The summed E-state index contributed by atoms with van der Waals surface area (Å²) in [5, 5.41) is 2.81. The predicted molar refractivity (Wildman–Crippen MR) is 126 cm³/mol. The average molecular weight is 378 g/mol. The standard InChI is InChI=1S/C28H27N/c1-18-19(2)21(4)28-26(20(18)3)27-24(22-12-7-5-8-13-22)16-11-17-25(27)29(28)23-14-9-6-10-15-23/h5-7,9-12,14-17H,8,13H2,1-4H3. The smallest absolute Gasteiger partial charge is 0.0575 e. The van der Waals surface area contributed by atoms with Gasteiger partial charge in [-0.2, -0.15) is 0 Å². The first-order valence-electron chi connectivity index (χ1n) is 10.5.